The van der Waals surface area contributed by atoms with E-state index in [4.69, 9.17) is 0 Å². The first-order chi connectivity index (χ1) is 10.4. The zero-order valence-electron chi connectivity index (χ0n) is 11.7. The van der Waals surface area contributed by atoms with E-state index in [2.05, 4.69) is 5.32 Å². The Morgan fingerprint density at radius 2 is 1.73 bits per heavy atom. The number of benzene rings is 2. The van der Waals surface area contributed by atoms with Crippen molar-refractivity contribution in [3.8, 4) is 0 Å². The summed E-state index contributed by atoms with van der Waals surface area (Å²) in [5, 5.41) is 2.67. The van der Waals surface area contributed by atoms with Gasteiger partial charge in [-0.2, -0.15) is 0 Å². The molecule has 5 nitrogen and oxygen atoms in total. The summed E-state index contributed by atoms with van der Waals surface area (Å²) in [4.78, 5) is 12.0. The minimum Gasteiger partial charge on any atom is -0.322 e. The standard InChI is InChI=1S/C15H13FN2O3S/c1-10-15(19)17-13-4-2-3-5-14(13)18(10)22(20,21)12-8-6-11(16)7-9-12/h2-10H,1H3,(H,17,19)/t10-/m1/s1. The van der Waals surface area contributed by atoms with Crippen LogP contribution >= 0.6 is 0 Å². The first kappa shape index (κ1) is 14.5. The summed E-state index contributed by atoms with van der Waals surface area (Å²) in [6.45, 7) is 1.51. The first-order valence-electron chi connectivity index (χ1n) is 6.61. The molecule has 3 rings (SSSR count). The van der Waals surface area contributed by atoms with Crippen LogP contribution in [0.25, 0.3) is 0 Å². The van der Waals surface area contributed by atoms with Crippen molar-refractivity contribution < 1.29 is 17.6 Å². The lowest BCUT2D eigenvalue weighted by molar-refractivity contribution is -0.117. The smallest absolute Gasteiger partial charge is 0.265 e. The summed E-state index contributed by atoms with van der Waals surface area (Å²) in [6.07, 6.45) is 0. The molecule has 0 aromatic heterocycles. The average Bonchev–Trinajstić information content (AvgIpc) is 2.48. The molecule has 0 spiro atoms. The number of anilines is 2. The molecule has 0 radical (unpaired) electrons. The third-order valence-electron chi connectivity index (χ3n) is 3.50. The van der Waals surface area contributed by atoms with E-state index in [0.29, 0.717) is 11.4 Å². The highest BCUT2D eigenvalue weighted by Gasteiger charge is 2.38. The third kappa shape index (κ3) is 2.23. The molecule has 114 valence electrons. The minimum atomic E-state index is -3.97. The van der Waals surface area contributed by atoms with Crippen molar-refractivity contribution in [1.29, 1.82) is 0 Å². The lowest BCUT2D eigenvalue weighted by atomic mass is 10.1. The van der Waals surface area contributed by atoms with E-state index in [1.165, 1.54) is 19.1 Å². The number of sulfonamides is 1. The van der Waals surface area contributed by atoms with Crippen molar-refractivity contribution in [3.05, 3.63) is 54.3 Å². The van der Waals surface area contributed by atoms with Gasteiger partial charge in [0, 0.05) is 0 Å². The summed E-state index contributed by atoms with van der Waals surface area (Å²) in [5.74, 6) is -0.937. The Balaban J connectivity index is 2.17. The van der Waals surface area contributed by atoms with Crippen LogP contribution in [-0.2, 0) is 14.8 Å². The summed E-state index contributed by atoms with van der Waals surface area (Å²) in [5.41, 5.74) is 0.815. The number of hydrogen-bond donors (Lipinski definition) is 1. The van der Waals surface area contributed by atoms with Crippen LogP contribution in [0.2, 0.25) is 0 Å². The number of carbonyl (C=O) groups excluding carboxylic acids is 1. The molecule has 0 bridgehead atoms. The zero-order valence-corrected chi connectivity index (χ0v) is 12.5. The highest BCUT2D eigenvalue weighted by Crippen LogP contribution is 2.35. The van der Waals surface area contributed by atoms with Gasteiger partial charge in [-0.25, -0.2) is 12.8 Å². The van der Waals surface area contributed by atoms with Crippen LogP contribution in [0.15, 0.2) is 53.4 Å². The molecule has 1 atom stereocenters. The van der Waals surface area contributed by atoms with Gasteiger partial charge < -0.3 is 5.32 Å². The summed E-state index contributed by atoms with van der Waals surface area (Å²) in [6, 6.07) is 10.3. The van der Waals surface area contributed by atoms with E-state index in [0.717, 1.165) is 16.4 Å². The number of halogens is 1. The Labute approximate surface area is 127 Å². The lowest BCUT2D eigenvalue weighted by Gasteiger charge is -2.35. The van der Waals surface area contributed by atoms with E-state index in [1.807, 2.05) is 0 Å². The van der Waals surface area contributed by atoms with Crippen molar-refractivity contribution in [2.24, 2.45) is 0 Å². The number of para-hydroxylation sites is 2. The Kier molecular flexibility index (Phi) is 3.37. The normalized spacial score (nSPS) is 17.8. The number of amides is 1. The second kappa shape index (κ2) is 5.10. The molecule has 0 saturated carbocycles. The molecular weight excluding hydrogens is 307 g/mol. The van der Waals surface area contributed by atoms with Gasteiger partial charge in [-0.15, -0.1) is 0 Å². The molecule has 1 N–H and O–H groups in total. The molecule has 22 heavy (non-hydrogen) atoms. The topological polar surface area (TPSA) is 66.5 Å². The van der Waals surface area contributed by atoms with Crippen LogP contribution in [0.4, 0.5) is 15.8 Å². The third-order valence-corrected chi connectivity index (χ3v) is 5.40. The van der Waals surface area contributed by atoms with Crippen molar-refractivity contribution in [3.63, 3.8) is 0 Å². The van der Waals surface area contributed by atoms with Gasteiger partial charge in [-0.05, 0) is 43.3 Å². The highest BCUT2D eigenvalue weighted by molar-refractivity contribution is 7.93. The number of rotatable bonds is 2. The fourth-order valence-electron chi connectivity index (χ4n) is 2.38. The molecule has 2 aromatic rings. The van der Waals surface area contributed by atoms with Crippen LogP contribution in [0.5, 0.6) is 0 Å². The van der Waals surface area contributed by atoms with Crippen molar-refractivity contribution in [2.75, 3.05) is 9.62 Å². The Hall–Kier alpha value is -2.41. The second-order valence-electron chi connectivity index (χ2n) is 4.94. The van der Waals surface area contributed by atoms with Gasteiger partial charge in [-0.3, -0.25) is 9.10 Å². The highest BCUT2D eigenvalue weighted by atomic mass is 32.2. The Morgan fingerprint density at radius 1 is 1.09 bits per heavy atom. The van der Waals surface area contributed by atoms with E-state index in [-0.39, 0.29) is 4.90 Å². The quantitative estimate of drug-likeness (QED) is 0.924. The number of nitrogens with one attached hydrogen (secondary N) is 1. The van der Waals surface area contributed by atoms with E-state index in [1.54, 1.807) is 24.3 Å². The molecule has 2 aromatic carbocycles. The fraction of sp³-hybridized carbons (Fsp3) is 0.133. The maximum absolute atomic E-state index is 13.0. The van der Waals surface area contributed by atoms with Crippen molar-refractivity contribution in [2.45, 2.75) is 17.9 Å². The molecular formula is C15H13FN2O3S. The van der Waals surface area contributed by atoms with Crippen molar-refractivity contribution >= 4 is 27.3 Å². The number of carbonyl (C=O) groups is 1. The van der Waals surface area contributed by atoms with Gasteiger partial charge in [-0.1, -0.05) is 12.1 Å². The van der Waals surface area contributed by atoms with E-state index in [9.17, 15) is 17.6 Å². The zero-order chi connectivity index (χ0) is 15.9. The molecule has 0 saturated heterocycles. The summed E-state index contributed by atoms with van der Waals surface area (Å²) < 4.78 is 39.8. The molecule has 0 unspecified atom stereocenters. The maximum Gasteiger partial charge on any atom is 0.265 e. The van der Waals surface area contributed by atoms with Gasteiger partial charge >= 0.3 is 0 Å². The SMILES string of the molecule is C[C@@H]1C(=O)Nc2ccccc2N1S(=O)(=O)c1ccc(F)cc1. The van der Waals surface area contributed by atoms with Crippen molar-refractivity contribution in [1.82, 2.24) is 0 Å². The van der Waals surface area contributed by atoms with E-state index >= 15 is 0 Å². The van der Waals surface area contributed by atoms with Crippen LogP contribution < -0.4 is 9.62 Å². The van der Waals surface area contributed by atoms with Gasteiger partial charge in [0.15, 0.2) is 0 Å². The van der Waals surface area contributed by atoms with E-state index < -0.39 is 27.8 Å². The van der Waals surface area contributed by atoms with Crippen LogP contribution in [0.1, 0.15) is 6.92 Å². The minimum absolute atomic E-state index is 0.0646. The van der Waals surface area contributed by atoms with Gasteiger partial charge in [0.2, 0.25) is 5.91 Å². The second-order valence-corrected chi connectivity index (χ2v) is 6.75. The first-order valence-corrected chi connectivity index (χ1v) is 8.05. The monoisotopic (exact) mass is 320 g/mol. The van der Waals surface area contributed by atoms with Gasteiger partial charge in [0.1, 0.15) is 11.9 Å². The lowest BCUT2D eigenvalue weighted by Crippen LogP contribution is -2.49. The molecule has 0 fully saturated rings. The van der Waals surface area contributed by atoms with Gasteiger partial charge in [0.05, 0.1) is 16.3 Å². The number of hydrogen-bond acceptors (Lipinski definition) is 3. The van der Waals surface area contributed by atoms with Crippen LogP contribution in [0.3, 0.4) is 0 Å². The maximum atomic E-state index is 13.0. The molecule has 1 heterocycles. The molecule has 1 amide bonds. The molecule has 7 heteroatoms. The largest absolute Gasteiger partial charge is 0.322 e. The fourth-order valence-corrected chi connectivity index (χ4v) is 4.02. The number of nitrogens with zero attached hydrogens (tertiary/aromatic N) is 1. The molecule has 1 aliphatic heterocycles. The summed E-state index contributed by atoms with van der Waals surface area (Å²) in [7, 11) is -3.97. The number of fused-ring (bicyclic) bond motifs is 1. The summed E-state index contributed by atoms with van der Waals surface area (Å²) >= 11 is 0. The van der Waals surface area contributed by atoms with Crippen LogP contribution in [-0.4, -0.2) is 20.4 Å². The molecule has 0 aliphatic carbocycles. The molecule has 1 aliphatic rings. The average molecular weight is 320 g/mol. The predicted octanol–water partition coefficient (Wildman–Crippen LogP) is 2.36. The predicted molar refractivity (Wildman–Crippen MR) is 80.6 cm³/mol. The Morgan fingerprint density at radius 3 is 2.41 bits per heavy atom. The van der Waals surface area contributed by atoms with Gasteiger partial charge in [0.25, 0.3) is 10.0 Å². The Bertz CT molecular complexity index is 834. The van der Waals surface area contributed by atoms with Crippen LogP contribution in [0, 0.1) is 5.82 Å².